The van der Waals surface area contributed by atoms with Crippen molar-refractivity contribution in [2.75, 3.05) is 4.90 Å². The number of benzene rings is 9. The van der Waals surface area contributed by atoms with Crippen molar-refractivity contribution in [1.82, 2.24) is 0 Å². The van der Waals surface area contributed by atoms with Crippen molar-refractivity contribution in [2.45, 2.75) is 0 Å². The molecular weight excluding hydrogens is 671 g/mol. The molecule has 0 aliphatic rings. The predicted molar refractivity (Wildman–Crippen MR) is 229 cm³/mol. The van der Waals surface area contributed by atoms with Crippen LogP contribution in [0.25, 0.3) is 88.0 Å². The molecule has 0 fully saturated rings. The number of para-hydroxylation sites is 1. The Bertz CT molecular complexity index is 3080. The average Bonchev–Trinajstić information content (AvgIpc) is 3.84. The van der Waals surface area contributed by atoms with Crippen LogP contribution in [0.1, 0.15) is 0 Å². The topological polar surface area (TPSA) is 29.5 Å². The van der Waals surface area contributed by atoms with Crippen LogP contribution < -0.4 is 4.90 Å². The molecule has 0 bridgehead atoms. The lowest BCUT2D eigenvalue weighted by molar-refractivity contribution is 0.665. The summed E-state index contributed by atoms with van der Waals surface area (Å²) in [4.78, 5) is 2.33. The van der Waals surface area contributed by atoms with Crippen LogP contribution in [0.5, 0.6) is 0 Å². The van der Waals surface area contributed by atoms with Crippen molar-refractivity contribution in [1.29, 1.82) is 0 Å². The largest absolute Gasteiger partial charge is 0.455 e. The van der Waals surface area contributed by atoms with Gasteiger partial charge >= 0.3 is 0 Å². The molecule has 3 nitrogen and oxygen atoms in total. The summed E-state index contributed by atoms with van der Waals surface area (Å²) in [5.41, 5.74) is 13.8. The summed E-state index contributed by atoms with van der Waals surface area (Å²) < 4.78 is 13.1. The van der Waals surface area contributed by atoms with Crippen LogP contribution in [0.3, 0.4) is 0 Å². The van der Waals surface area contributed by atoms with Crippen LogP contribution in [0, 0.1) is 0 Å². The van der Waals surface area contributed by atoms with Crippen LogP contribution in [0.4, 0.5) is 17.1 Å². The van der Waals surface area contributed by atoms with Crippen molar-refractivity contribution in [3.8, 4) is 33.4 Å². The zero-order chi connectivity index (χ0) is 36.3. The first-order valence-corrected chi connectivity index (χ1v) is 18.7. The van der Waals surface area contributed by atoms with E-state index in [4.69, 9.17) is 8.83 Å². The van der Waals surface area contributed by atoms with Crippen LogP contribution >= 0.6 is 0 Å². The highest BCUT2D eigenvalue weighted by atomic mass is 16.3. The van der Waals surface area contributed by atoms with Gasteiger partial charge in [-0.05, 0) is 93.4 Å². The third kappa shape index (κ3) is 5.20. The van der Waals surface area contributed by atoms with Gasteiger partial charge in [-0.3, -0.25) is 0 Å². The standard InChI is InChI=1S/C52H33NO2/c1-3-11-34(12-4-1)36-19-26-40(27-20-36)53(41-28-21-37(22-29-41)35-13-5-2-6-14-35)42-30-23-38(24-31-42)39-25-32-48-46(33-39)49-43-15-7-8-16-44(43)51-50(52(49)55-48)45-17-9-10-18-47(45)54-51/h1-33H. The summed E-state index contributed by atoms with van der Waals surface area (Å²) in [5, 5.41) is 6.53. The maximum absolute atomic E-state index is 6.69. The van der Waals surface area contributed by atoms with Crippen molar-refractivity contribution in [3.63, 3.8) is 0 Å². The summed E-state index contributed by atoms with van der Waals surface area (Å²) in [6, 6.07) is 70.9. The lowest BCUT2D eigenvalue weighted by Gasteiger charge is -2.26. The van der Waals surface area contributed by atoms with Gasteiger partial charge in [-0.15, -0.1) is 0 Å². The minimum absolute atomic E-state index is 0.863. The number of anilines is 3. The maximum Gasteiger partial charge on any atom is 0.147 e. The average molecular weight is 704 g/mol. The van der Waals surface area contributed by atoms with Crippen molar-refractivity contribution in [3.05, 3.63) is 200 Å². The molecule has 0 amide bonds. The Hall–Kier alpha value is -7.36. The number of hydrogen-bond acceptors (Lipinski definition) is 3. The van der Waals surface area contributed by atoms with Gasteiger partial charge in [-0.25, -0.2) is 0 Å². The molecule has 0 saturated heterocycles. The van der Waals surface area contributed by atoms with Crippen LogP contribution in [-0.4, -0.2) is 0 Å². The number of furan rings is 2. The SMILES string of the molecule is c1ccc(-c2ccc(N(c3ccc(-c4ccccc4)cc3)c3ccc(-c4ccc5oc6c(c5c4)c4ccccc4c4oc5ccccc5c46)cc3)cc2)cc1. The van der Waals surface area contributed by atoms with Crippen molar-refractivity contribution >= 4 is 71.7 Å². The second-order valence-electron chi connectivity index (χ2n) is 14.1. The van der Waals surface area contributed by atoms with E-state index in [9.17, 15) is 0 Å². The van der Waals surface area contributed by atoms with E-state index in [-0.39, 0.29) is 0 Å². The van der Waals surface area contributed by atoms with Crippen molar-refractivity contribution in [2.24, 2.45) is 0 Å². The Balaban J connectivity index is 1.01. The minimum atomic E-state index is 0.863. The molecule has 0 radical (unpaired) electrons. The first-order valence-electron chi connectivity index (χ1n) is 18.7. The Kier molecular flexibility index (Phi) is 7.17. The lowest BCUT2D eigenvalue weighted by atomic mass is 9.97. The highest BCUT2D eigenvalue weighted by molar-refractivity contribution is 6.33. The lowest BCUT2D eigenvalue weighted by Crippen LogP contribution is -2.09. The minimum Gasteiger partial charge on any atom is -0.455 e. The monoisotopic (exact) mass is 703 g/mol. The van der Waals surface area contributed by atoms with Gasteiger partial charge in [0.25, 0.3) is 0 Å². The van der Waals surface area contributed by atoms with Gasteiger partial charge in [-0.2, -0.15) is 0 Å². The van der Waals surface area contributed by atoms with Gasteiger partial charge in [0, 0.05) is 38.6 Å². The smallest absolute Gasteiger partial charge is 0.147 e. The molecule has 0 N–H and O–H groups in total. The first-order chi connectivity index (χ1) is 27.3. The molecule has 0 unspecified atom stereocenters. The first kappa shape index (κ1) is 31.2. The molecule has 2 heterocycles. The van der Waals surface area contributed by atoms with Crippen molar-refractivity contribution < 1.29 is 8.83 Å². The fourth-order valence-electron chi connectivity index (χ4n) is 8.20. The molecule has 0 saturated carbocycles. The van der Waals surface area contributed by atoms with Gasteiger partial charge in [-0.1, -0.05) is 146 Å². The summed E-state index contributed by atoms with van der Waals surface area (Å²) in [7, 11) is 0. The Morgan fingerprint density at radius 2 is 0.691 bits per heavy atom. The molecule has 0 atom stereocenters. The fraction of sp³-hybridized carbons (Fsp3) is 0. The highest BCUT2D eigenvalue weighted by Crippen LogP contribution is 2.45. The van der Waals surface area contributed by atoms with Crippen LogP contribution in [-0.2, 0) is 0 Å². The van der Waals surface area contributed by atoms with E-state index in [1.807, 2.05) is 12.1 Å². The van der Waals surface area contributed by atoms with Crippen LogP contribution in [0.2, 0.25) is 0 Å². The number of rotatable bonds is 6. The maximum atomic E-state index is 6.69. The van der Waals surface area contributed by atoms with Gasteiger partial charge in [0.1, 0.15) is 22.3 Å². The van der Waals surface area contributed by atoms with Crippen LogP contribution in [0.15, 0.2) is 209 Å². The van der Waals surface area contributed by atoms with E-state index in [1.165, 1.54) is 22.3 Å². The summed E-state index contributed by atoms with van der Waals surface area (Å²) in [5.74, 6) is 0. The highest BCUT2D eigenvalue weighted by Gasteiger charge is 2.21. The van der Waals surface area contributed by atoms with Gasteiger partial charge in [0.2, 0.25) is 0 Å². The second kappa shape index (κ2) is 12.6. The second-order valence-corrected chi connectivity index (χ2v) is 14.1. The van der Waals surface area contributed by atoms with E-state index < -0.39 is 0 Å². The molecule has 0 aliphatic carbocycles. The van der Waals surface area contributed by atoms with E-state index in [2.05, 4.69) is 193 Å². The summed E-state index contributed by atoms with van der Waals surface area (Å²) in [6.07, 6.45) is 0. The Morgan fingerprint density at radius 1 is 0.273 bits per heavy atom. The molecule has 11 rings (SSSR count). The molecule has 11 aromatic rings. The summed E-state index contributed by atoms with van der Waals surface area (Å²) >= 11 is 0. The summed E-state index contributed by atoms with van der Waals surface area (Å²) in [6.45, 7) is 0. The third-order valence-corrected chi connectivity index (χ3v) is 10.9. The number of fused-ring (bicyclic) bond motifs is 10. The Labute approximate surface area is 317 Å². The number of hydrogen-bond donors (Lipinski definition) is 0. The molecule has 55 heavy (non-hydrogen) atoms. The zero-order valence-corrected chi connectivity index (χ0v) is 29.8. The fourth-order valence-corrected chi connectivity index (χ4v) is 8.20. The normalized spacial score (nSPS) is 11.6. The molecule has 2 aromatic heterocycles. The van der Waals surface area contributed by atoms with E-state index >= 15 is 0 Å². The Morgan fingerprint density at radius 3 is 1.27 bits per heavy atom. The van der Waals surface area contributed by atoms with Gasteiger partial charge < -0.3 is 13.7 Å². The molecule has 3 heteroatoms. The molecule has 0 aliphatic heterocycles. The predicted octanol–water partition coefficient (Wildman–Crippen LogP) is 15.1. The van der Waals surface area contributed by atoms with Gasteiger partial charge in [0.05, 0.1) is 5.39 Å². The number of nitrogens with zero attached hydrogens (tertiary/aromatic N) is 1. The molecular formula is C52H33NO2. The molecule has 258 valence electrons. The molecule has 0 spiro atoms. The third-order valence-electron chi connectivity index (χ3n) is 10.9. The molecule has 9 aromatic carbocycles. The quantitative estimate of drug-likeness (QED) is 0.173. The zero-order valence-electron chi connectivity index (χ0n) is 29.8. The van der Waals surface area contributed by atoms with E-state index in [1.54, 1.807) is 0 Å². The van der Waals surface area contributed by atoms with Gasteiger partial charge in [0.15, 0.2) is 0 Å². The van der Waals surface area contributed by atoms with E-state index in [0.29, 0.717) is 0 Å². The van der Waals surface area contributed by atoms with E-state index in [0.717, 1.165) is 82.8 Å².